The van der Waals surface area contributed by atoms with E-state index in [-0.39, 0.29) is 34.8 Å². The van der Waals surface area contributed by atoms with Crippen LogP contribution in [0.4, 0.5) is 22.7 Å². The number of ether oxygens (including phenoxy) is 1. The third-order valence-electron chi connectivity index (χ3n) is 6.43. The van der Waals surface area contributed by atoms with Gasteiger partial charge in [-0.15, -0.1) is 0 Å². The van der Waals surface area contributed by atoms with Crippen molar-refractivity contribution in [3.8, 4) is 5.75 Å². The van der Waals surface area contributed by atoms with Crippen LogP contribution in [-0.4, -0.2) is 61.8 Å². The second kappa shape index (κ2) is 11.0. The molecule has 1 N–H and O–H groups in total. The summed E-state index contributed by atoms with van der Waals surface area (Å²) < 4.78 is 33.2. The number of piperazine rings is 1. The predicted octanol–water partition coefficient (Wildman–Crippen LogP) is 3.58. The number of carbonyl (C=O) groups is 1. The number of carbonyl (C=O) groups excluding carboxylic acids is 1. The Morgan fingerprint density at radius 2 is 1.59 bits per heavy atom. The van der Waals surface area contributed by atoms with Crippen LogP contribution in [0.3, 0.4) is 0 Å². The Morgan fingerprint density at radius 3 is 2.18 bits per heavy atom. The zero-order chi connectivity index (χ0) is 28.3. The molecule has 4 rings (SSSR count). The zero-order valence-electron chi connectivity index (χ0n) is 21.1. The number of nitrogens with one attached hydrogen (secondary N) is 1. The zero-order valence-corrected chi connectivity index (χ0v) is 21.9. The molecule has 0 aromatic heterocycles. The normalized spacial score (nSPS) is 14.1. The molecule has 1 amide bonds. The number of hydrogen-bond donors (Lipinski definition) is 1. The van der Waals surface area contributed by atoms with Crippen LogP contribution in [0.15, 0.2) is 65.6 Å². The summed E-state index contributed by atoms with van der Waals surface area (Å²) in [5.74, 6) is -0.0938. The van der Waals surface area contributed by atoms with Crippen LogP contribution in [0.1, 0.15) is 15.9 Å². The maximum atomic E-state index is 13.2. The Labute approximate surface area is 224 Å². The summed E-state index contributed by atoms with van der Waals surface area (Å²) >= 11 is 0. The summed E-state index contributed by atoms with van der Waals surface area (Å²) in [4.78, 5) is 35.8. The quantitative estimate of drug-likeness (QED) is 0.323. The van der Waals surface area contributed by atoms with Gasteiger partial charge in [-0.3, -0.25) is 25.0 Å². The first-order valence-corrected chi connectivity index (χ1v) is 13.2. The van der Waals surface area contributed by atoms with E-state index in [4.69, 9.17) is 4.74 Å². The van der Waals surface area contributed by atoms with Gasteiger partial charge in [0.15, 0.2) is 0 Å². The first-order chi connectivity index (χ1) is 18.5. The van der Waals surface area contributed by atoms with Gasteiger partial charge in [-0.2, -0.15) is 4.31 Å². The standard InChI is InChI=1S/C25H25N5O8S/c1-17-21(15-19(29(32)33)16-23(17)30(34)35)25(31)26-18-7-9-20(10-8-18)39(36,37)28-13-11-27(12-14-28)22-5-3-4-6-24(22)38-2/h3-10,15-16H,11-14H2,1-2H3,(H,26,31). The number of para-hydroxylation sites is 2. The van der Waals surface area contributed by atoms with E-state index in [0.29, 0.717) is 18.8 Å². The fourth-order valence-electron chi connectivity index (χ4n) is 4.33. The second-order valence-electron chi connectivity index (χ2n) is 8.69. The monoisotopic (exact) mass is 555 g/mol. The Kier molecular flexibility index (Phi) is 7.78. The maximum Gasteiger partial charge on any atom is 0.279 e. The minimum atomic E-state index is -3.80. The van der Waals surface area contributed by atoms with Crippen LogP contribution < -0.4 is 15.0 Å². The summed E-state index contributed by atoms with van der Waals surface area (Å²) in [6, 6.07) is 14.7. The Hall–Kier alpha value is -4.56. The molecular weight excluding hydrogens is 530 g/mol. The van der Waals surface area contributed by atoms with Crippen molar-refractivity contribution < 1.29 is 27.8 Å². The lowest BCUT2D eigenvalue weighted by Crippen LogP contribution is -2.48. The molecule has 13 nitrogen and oxygen atoms in total. The molecule has 3 aromatic carbocycles. The van der Waals surface area contributed by atoms with Gasteiger partial charge in [0.2, 0.25) is 10.0 Å². The molecule has 0 spiro atoms. The van der Waals surface area contributed by atoms with Gasteiger partial charge in [0.05, 0.1) is 39.2 Å². The number of rotatable bonds is 8. The van der Waals surface area contributed by atoms with Gasteiger partial charge >= 0.3 is 0 Å². The highest BCUT2D eigenvalue weighted by atomic mass is 32.2. The van der Waals surface area contributed by atoms with Gasteiger partial charge in [-0.25, -0.2) is 8.42 Å². The van der Waals surface area contributed by atoms with Crippen molar-refractivity contribution in [2.45, 2.75) is 11.8 Å². The molecular formula is C25H25N5O8S. The molecule has 1 saturated heterocycles. The number of nitro benzene ring substituents is 2. The summed E-state index contributed by atoms with van der Waals surface area (Å²) in [6.45, 7) is 2.80. The fourth-order valence-corrected chi connectivity index (χ4v) is 5.76. The third kappa shape index (κ3) is 5.66. The first kappa shape index (κ1) is 27.5. The molecule has 0 saturated carbocycles. The van der Waals surface area contributed by atoms with Crippen molar-refractivity contribution in [2.75, 3.05) is 43.5 Å². The molecule has 3 aromatic rings. The first-order valence-electron chi connectivity index (χ1n) is 11.8. The fraction of sp³-hybridized carbons (Fsp3) is 0.240. The molecule has 1 aliphatic rings. The van der Waals surface area contributed by atoms with Gasteiger partial charge in [-0.05, 0) is 43.3 Å². The highest BCUT2D eigenvalue weighted by Gasteiger charge is 2.30. The molecule has 0 radical (unpaired) electrons. The van der Waals surface area contributed by atoms with E-state index in [9.17, 15) is 33.4 Å². The van der Waals surface area contributed by atoms with E-state index in [1.807, 2.05) is 24.3 Å². The van der Waals surface area contributed by atoms with Gasteiger partial charge in [0.1, 0.15) is 5.75 Å². The molecule has 14 heteroatoms. The molecule has 1 fully saturated rings. The number of amides is 1. The minimum absolute atomic E-state index is 0.0328. The van der Waals surface area contributed by atoms with Crippen LogP contribution in [0, 0.1) is 27.2 Å². The van der Waals surface area contributed by atoms with Crippen LogP contribution >= 0.6 is 0 Å². The van der Waals surface area contributed by atoms with E-state index in [0.717, 1.165) is 17.8 Å². The van der Waals surface area contributed by atoms with Crippen LogP contribution in [0.25, 0.3) is 0 Å². The number of nitrogens with zero attached hydrogens (tertiary/aromatic N) is 4. The highest BCUT2D eigenvalue weighted by Crippen LogP contribution is 2.31. The van der Waals surface area contributed by atoms with Crippen LogP contribution in [-0.2, 0) is 10.0 Å². The average Bonchev–Trinajstić information content (AvgIpc) is 2.93. The molecule has 1 aliphatic heterocycles. The van der Waals surface area contributed by atoms with E-state index >= 15 is 0 Å². The maximum absolute atomic E-state index is 13.2. The van der Waals surface area contributed by atoms with Gasteiger partial charge in [-0.1, -0.05) is 12.1 Å². The second-order valence-corrected chi connectivity index (χ2v) is 10.6. The predicted molar refractivity (Wildman–Crippen MR) is 143 cm³/mol. The summed E-state index contributed by atoms with van der Waals surface area (Å²) in [6.07, 6.45) is 0. The average molecular weight is 556 g/mol. The minimum Gasteiger partial charge on any atom is -0.495 e. The van der Waals surface area contributed by atoms with Crippen LogP contribution in [0.5, 0.6) is 5.75 Å². The van der Waals surface area contributed by atoms with Crippen molar-refractivity contribution in [3.05, 3.63) is 92.0 Å². The van der Waals surface area contributed by atoms with Gasteiger partial charge in [0, 0.05) is 43.5 Å². The van der Waals surface area contributed by atoms with Crippen molar-refractivity contribution in [3.63, 3.8) is 0 Å². The summed E-state index contributed by atoms with van der Waals surface area (Å²) in [5, 5.41) is 25.0. The number of nitro groups is 2. The molecule has 0 unspecified atom stereocenters. The lowest BCUT2D eigenvalue weighted by atomic mass is 10.0. The van der Waals surface area contributed by atoms with Crippen LogP contribution in [0.2, 0.25) is 0 Å². The molecule has 0 bridgehead atoms. The molecule has 0 atom stereocenters. The molecule has 0 aliphatic carbocycles. The summed E-state index contributed by atoms with van der Waals surface area (Å²) in [7, 11) is -2.22. The van der Waals surface area contributed by atoms with Gasteiger partial charge in [0.25, 0.3) is 17.3 Å². The number of methoxy groups -OCH3 is 1. The topological polar surface area (TPSA) is 165 Å². The number of hydrogen-bond acceptors (Lipinski definition) is 9. The van der Waals surface area contributed by atoms with E-state index in [1.165, 1.54) is 35.5 Å². The highest BCUT2D eigenvalue weighted by molar-refractivity contribution is 7.89. The smallest absolute Gasteiger partial charge is 0.279 e. The van der Waals surface area contributed by atoms with E-state index < -0.39 is 37.2 Å². The molecule has 204 valence electrons. The Morgan fingerprint density at radius 1 is 0.949 bits per heavy atom. The number of benzene rings is 3. The Bertz CT molecular complexity index is 1530. The number of anilines is 2. The van der Waals surface area contributed by atoms with E-state index in [2.05, 4.69) is 10.2 Å². The van der Waals surface area contributed by atoms with Crippen molar-refractivity contribution in [1.29, 1.82) is 0 Å². The SMILES string of the molecule is COc1ccccc1N1CCN(S(=O)(=O)c2ccc(NC(=O)c3cc([N+](=O)[O-])cc([N+](=O)[O-])c3C)cc2)CC1. The van der Waals surface area contributed by atoms with Crippen molar-refractivity contribution in [2.24, 2.45) is 0 Å². The van der Waals surface area contributed by atoms with E-state index in [1.54, 1.807) is 7.11 Å². The Balaban J connectivity index is 1.47. The largest absolute Gasteiger partial charge is 0.495 e. The van der Waals surface area contributed by atoms with Crippen molar-refractivity contribution >= 4 is 38.7 Å². The molecule has 39 heavy (non-hydrogen) atoms. The number of non-ortho nitro benzene ring substituents is 1. The third-order valence-corrected chi connectivity index (χ3v) is 8.34. The molecule has 1 heterocycles. The lowest BCUT2D eigenvalue weighted by Gasteiger charge is -2.35. The lowest BCUT2D eigenvalue weighted by molar-refractivity contribution is -0.394. The number of sulfonamides is 1. The van der Waals surface area contributed by atoms with Gasteiger partial charge < -0.3 is 15.0 Å². The summed E-state index contributed by atoms with van der Waals surface area (Å²) in [5.41, 5.74) is -0.309. The van der Waals surface area contributed by atoms with Crippen molar-refractivity contribution in [1.82, 2.24) is 4.31 Å².